The number of anilines is 1. The summed E-state index contributed by atoms with van der Waals surface area (Å²) in [6.45, 7) is 5.95. The SMILES string of the molecule is C/C=C/c1cc(NC2=N/C(NC(C)c3ccncc3)=C/CC(C)C(/C=C/c3cccc(C(F)(F)F)c3)=N2)n[nH]1. The van der Waals surface area contributed by atoms with Crippen molar-refractivity contribution in [3.05, 3.63) is 101 Å². The summed E-state index contributed by atoms with van der Waals surface area (Å²) < 4.78 is 39.5. The number of nitrogens with one attached hydrogen (secondary N) is 3. The molecule has 10 heteroatoms. The molecule has 2 atom stereocenters. The van der Waals surface area contributed by atoms with Gasteiger partial charge >= 0.3 is 6.18 Å². The van der Waals surface area contributed by atoms with Gasteiger partial charge in [-0.05, 0) is 73.9 Å². The van der Waals surface area contributed by atoms with Crippen molar-refractivity contribution < 1.29 is 13.2 Å². The van der Waals surface area contributed by atoms with Gasteiger partial charge in [0.05, 0.1) is 17.3 Å². The Morgan fingerprint density at radius 2 is 1.85 bits per heavy atom. The van der Waals surface area contributed by atoms with Crippen molar-refractivity contribution in [2.75, 3.05) is 5.32 Å². The lowest BCUT2D eigenvalue weighted by atomic mass is 9.99. The normalized spacial score (nSPS) is 18.6. The lowest BCUT2D eigenvalue weighted by molar-refractivity contribution is -0.137. The number of benzene rings is 1. The van der Waals surface area contributed by atoms with Crippen LogP contribution in [-0.4, -0.2) is 26.9 Å². The van der Waals surface area contributed by atoms with Crippen LogP contribution >= 0.6 is 0 Å². The van der Waals surface area contributed by atoms with E-state index >= 15 is 0 Å². The van der Waals surface area contributed by atoms with Crippen LogP contribution in [0.15, 0.2) is 88.9 Å². The van der Waals surface area contributed by atoms with Crippen molar-refractivity contribution in [2.45, 2.75) is 39.4 Å². The molecular formula is C29H30F3N7. The average Bonchev–Trinajstić information content (AvgIpc) is 3.35. The van der Waals surface area contributed by atoms with Crippen LogP contribution < -0.4 is 10.6 Å². The summed E-state index contributed by atoms with van der Waals surface area (Å²) in [5.41, 5.74) is 2.27. The van der Waals surface area contributed by atoms with E-state index in [4.69, 9.17) is 9.98 Å². The predicted octanol–water partition coefficient (Wildman–Crippen LogP) is 7.01. The Kier molecular flexibility index (Phi) is 8.75. The third kappa shape index (κ3) is 7.76. The number of alkyl halides is 3. The van der Waals surface area contributed by atoms with Gasteiger partial charge in [0.1, 0.15) is 5.82 Å². The van der Waals surface area contributed by atoms with Gasteiger partial charge in [-0.2, -0.15) is 23.3 Å². The third-order valence-electron chi connectivity index (χ3n) is 6.05. The number of nitrogens with zero attached hydrogens (tertiary/aromatic N) is 4. The summed E-state index contributed by atoms with van der Waals surface area (Å²) in [6.07, 6.45) is 8.85. The molecule has 1 aromatic carbocycles. The summed E-state index contributed by atoms with van der Waals surface area (Å²) >= 11 is 0. The highest BCUT2D eigenvalue weighted by Gasteiger charge is 2.30. The first kappa shape index (κ1) is 27.6. The standard InChI is InChI=1S/C29H30F3N7/c1-4-6-24-18-27(39-38-24)37-28-35-25(11-10-21-7-5-8-23(17-21)29(30,31)32)19(2)9-12-26(36-28)34-20(3)22-13-15-33-16-14-22/h4-8,10-20,34H,9H2,1-3H3,(H2,36,37,38,39)/b6-4+,11-10+,26-12+,35-25?. The molecule has 0 spiro atoms. The van der Waals surface area contributed by atoms with Gasteiger partial charge in [-0.1, -0.05) is 31.2 Å². The number of allylic oxidation sites excluding steroid dienone is 3. The van der Waals surface area contributed by atoms with E-state index in [0.29, 0.717) is 35.3 Å². The maximum absolute atomic E-state index is 13.2. The zero-order valence-corrected chi connectivity index (χ0v) is 21.9. The molecule has 4 rings (SSSR count). The fourth-order valence-corrected chi connectivity index (χ4v) is 3.91. The molecule has 3 aromatic rings. The molecule has 0 saturated heterocycles. The first-order valence-corrected chi connectivity index (χ1v) is 12.6. The Balaban J connectivity index is 1.65. The number of guanidine groups is 1. The van der Waals surface area contributed by atoms with E-state index in [9.17, 15) is 13.2 Å². The maximum Gasteiger partial charge on any atom is 0.416 e. The Bertz CT molecular complexity index is 1420. The third-order valence-corrected chi connectivity index (χ3v) is 6.05. The van der Waals surface area contributed by atoms with Crippen LogP contribution in [-0.2, 0) is 6.18 Å². The van der Waals surface area contributed by atoms with Gasteiger partial charge in [0.2, 0.25) is 5.96 Å². The molecule has 0 amide bonds. The van der Waals surface area contributed by atoms with Crippen LogP contribution in [0.4, 0.5) is 19.0 Å². The number of aliphatic imine (C=N–C) groups is 2. The molecule has 1 aliphatic rings. The minimum absolute atomic E-state index is 0.0325. The number of aromatic amines is 1. The van der Waals surface area contributed by atoms with Crippen molar-refractivity contribution in [2.24, 2.45) is 15.9 Å². The van der Waals surface area contributed by atoms with Gasteiger partial charge in [-0.15, -0.1) is 0 Å². The first-order valence-electron chi connectivity index (χ1n) is 12.6. The molecule has 3 heterocycles. The number of rotatable bonds is 7. The van der Waals surface area contributed by atoms with Crippen molar-refractivity contribution in [3.63, 3.8) is 0 Å². The Hall–Kier alpha value is -4.47. The first-order chi connectivity index (χ1) is 18.7. The molecule has 202 valence electrons. The zero-order valence-electron chi connectivity index (χ0n) is 21.9. The monoisotopic (exact) mass is 533 g/mol. The van der Waals surface area contributed by atoms with E-state index in [2.05, 4.69) is 25.8 Å². The molecule has 0 radical (unpaired) electrons. The van der Waals surface area contributed by atoms with Gasteiger partial charge in [0.15, 0.2) is 5.82 Å². The summed E-state index contributed by atoms with van der Waals surface area (Å²) in [4.78, 5) is 13.6. The maximum atomic E-state index is 13.2. The Morgan fingerprint density at radius 3 is 2.59 bits per heavy atom. The summed E-state index contributed by atoms with van der Waals surface area (Å²) in [5.74, 6) is 1.43. The van der Waals surface area contributed by atoms with Crippen LogP contribution in [0.2, 0.25) is 0 Å². The lowest BCUT2D eigenvalue weighted by Gasteiger charge is -2.19. The van der Waals surface area contributed by atoms with E-state index < -0.39 is 11.7 Å². The molecule has 39 heavy (non-hydrogen) atoms. The number of H-pyrrole nitrogens is 1. The minimum Gasteiger partial charge on any atom is -0.364 e. The second-order valence-corrected chi connectivity index (χ2v) is 9.13. The summed E-state index contributed by atoms with van der Waals surface area (Å²) in [5, 5.41) is 13.8. The fourth-order valence-electron chi connectivity index (χ4n) is 3.91. The number of pyridine rings is 1. The summed E-state index contributed by atoms with van der Waals surface area (Å²) in [6, 6.07) is 10.9. The molecule has 0 aliphatic carbocycles. The van der Waals surface area contributed by atoms with Crippen LogP contribution in [0.1, 0.15) is 55.6 Å². The molecule has 2 aromatic heterocycles. The highest BCUT2D eigenvalue weighted by atomic mass is 19.4. The number of hydrogen-bond donors (Lipinski definition) is 3. The second-order valence-electron chi connectivity index (χ2n) is 9.13. The average molecular weight is 534 g/mol. The minimum atomic E-state index is -4.41. The van der Waals surface area contributed by atoms with Crippen molar-refractivity contribution in [1.29, 1.82) is 0 Å². The van der Waals surface area contributed by atoms with Crippen LogP contribution in [0, 0.1) is 5.92 Å². The second kappa shape index (κ2) is 12.4. The number of hydrogen-bond acceptors (Lipinski definition) is 6. The van der Waals surface area contributed by atoms with E-state index in [1.807, 2.05) is 57.2 Å². The molecule has 0 bridgehead atoms. The van der Waals surface area contributed by atoms with Gasteiger partial charge < -0.3 is 10.6 Å². The van der Waals surface area contributed by atoms with E-state index in [-0.39, 0.29) is 12.0 Å². The molecule has 3 N–H and O–H groups in total. The van der Waals surface area contributed by atoms with Crippen LogP contribution in [0.5, 0.6) is 0 Å². The molecule has 2 unspecified atom stereocenters. The number of halogens is 3. The van der Waals surface area contributed by atoms with E-state index in [1.54, 1.807) is 30.6 Å². The quantitative estimate of drug-likeness (QED) is 0.305. The van der Waals surface area contributed by atoms with Crippen molar-refractivity contribution in [1.82, 2.24) is 20.5 Å². The predicted molar refractivity (Wildman–Crippen MR) is 150 cm³/mol. The highest BCUT2D eigenvalue weighted by Crippen LogP contribution is 2.30. The van der Waals surface area contributed by atoms with Crippen LogP contribution in [0.3, 0.4) is 0 Å². The molecular weight excluding hydrogens is 503 g/mol. The fraction of sp³-hybridized carbons (Fsp3) is 0.241. The van der Waals surface area contributed by atoms with Gasteiger partial charge in [0, 0.05) is 30.1 Å². The topological polar surface area (TPSA) is 90.3 Å². The van der Waals surface area contributed by atoms with E-state index in [0.717, 1.165) is 23.4 Å². The summed E-state index contributed by atoms with van der Waals surface area (Å²) in [7, 11) is 0. The molecule has 0 fully saturated rings. The molecule has 0 saturated carbocycles. The smallest absolute Gasteiger partial charge is 0.364 e. The van der Waals surface area contributed by atoms with Gasteiger partial charge in [-0.25, -0.2) is 4.99 Å². The van der Waals surface area contributed by atoms with Crippen LogP contribution in [0.25, 0.3) is 12.2 Å². The Labute approximate surface area is 225 Å². The largest absolute Gasteiger partial charge is 0.416 e. The van der Waals surface area contributed by atoms with E-state index in [1.165, 1.54) is 6.07 Å². The lowest BCUT2D eigenvalue weighted by Crippen LogP contribution is -2.23. The van der Waals surface area contributed by atoms with Gasteiger partial charge in [-0.3, -0.25) is 10.1 Å². The van der Waals surface area contributed by atoms with Crippen molar-refractivity contribution in [3.8, 4) is 0 Å². The van der Waals surface area contributed by atoms with Gasteiger partial charge in [0.25, 0.3) is 0 Å². The van der Waals surface area contributed by atoms with Crippen molar-refractivity contribution >= 4 is 29.6 Å². The zero-order chi connectivity index (χ0) is 27.8. The molecule has 1 aliphatic heterocycles. The highest BCUT2D eigenvalue weighted by molar-refractivity contribution is 6.10. The molecule has 7 nitrogen and oxygen atoms in total. The Morgan fingerprint density at radius 1 is 1.05 bits per heavy atom. The number of aromatic nitrogens is 3.